The summed E-state index contributed by atoms with van der Waals surface area (Å²) in [6.07, 6.45) is 1.81. The smallest absolute Gasteiger partial charge is 0.338 e. The van der Waals surface area contributed by atoms with Crippen LogP contribution < -0.4 is 10.6 Å². The average Bonchev–Trinajstić information content (AvgIpc) is 2.42. The number of piperidine rings is 1. The van der Waals surface area contributed by atoms with Crippen molar-refractivity contribution in [2.24, 2.45) is 11.7 Å². The first-order chi connectivity index (χ1) is 9.45. The second kappa shape index (κ2) is 5.75. The second-order valence-electron chi connectivity index (χ2n) is 5.25. The molecule has 1 heterocycles. The molecule has 2 unspecified atom stereocenters. The van der Waals surface area contributed by atoms with E-state index in [0.29, 0.717) is 13.1 Å². The Morgan fingerprint density at radius 1 is 1.40 bits per heavy atom. The van der Waals surface area contributed by atoms with Crippen LogP contribution in [0, 0.1) is 17.6 Å². The molecule has 20 heavy (non-hydrogen) atoms. The topological polar surface area (TPSA) is 66.6 Å². The molecule has 4 nitrogen and oxygen atoms in total. The van der Waals surface area contributed by atoms with Crippen molar-refractivity contribution in [1.82, 2.24) is 0 Å². The van der Waals surface area contributed by atoms with Gasteiger partial charge in [0, 0.05) is 12.6 Å². The molecule has 2 rings (SSSR count). The second-order valence-corrected chi connectivity index (χ2v) is 5.25. The van der Waals surface area contributed by atoms with Crippen LogP contribution in [0.1, 0.15) is 30.1 Å². The molecular formula is C14H18F2N2O2. The Bertz CT molecular complexity index is 522. The summed E-state index contributed by atoms with van der Waals surface area (Å²) in [6, 6.07) is 2.51. The van der Waals surface area contributed by atoms with E-state index < -0.39 is 23.2 Å². The number of benzene rings is 1. The van der Waals surface area contributed by atoms with Crippen LogP contribution in [0.15, 0.2) is 12.1 Å². The summed E-state index contributed by atoms with van der Waals surface area (Å²) in [5, 5.41) is 8.79. The van der Waals surface area contributed by atoms with Crippen LogP contribution in [0.25, 0.3) is 0 Å². The molecule has 1 saturated heterocycles. The largest absolute Gasteiger partial charge is 0.478 e. The number of carbonyl (C=O) groups is 1. The third-order valence-corrected chi connectivity index (χ3v) is 3.91. The van der Waals surface area contributed by atoms with Crippen molar-refractivity contribution in [1.29, 1.82) is 0 Å². The third-order valence-electron chi connectivity index (χ3n) is 3.91. The lowest BCUT2D eigenvalue weighted by Crippen LogP contribution is -2.44. The highest BCUT2D eigenvalue weighted by Crippen LogP contribution is 2.31. The number of hydrogen-bond donors (Lipinski definition) is 2. The fourth-order valence-electron chi connectivity index (χ4n) is 2.64. The number of rotatable bonds is 3. The fraction of sp³-hybridized carbons (Fsp3) is 0.500. The molecule has 0 radical (unpaired) electrons. The lowest BCUT2D eigenvalue weighted by Gasteiger charge is -2.39. The first-order valence-electron chi connectivity index (χ1n) is 6.63. The molecule has 1 aliphatic rings. The van der Waals surface area contributed by atoms with E-state index in [0.717, 1.165) is 18.9 Å². The van der Waals surface area contributed by atoms with Gasteiger partial charge in [-0.1, -0.05) is 0 Å². The van der Waals surface area contributed by atoms with E-state index in [-0.39, 0.29) is 17.6 Å². The number of nitrogens with two attached hydrogens (primary N) is 1. The van der Waals surface area contributed by atoms with Gasteiger partial charge in [-0.3, -0.25) is 0 Å². The number of carboxylic acids is 1. The lowest BCUT2D eigenvalue weighted by atomic mass is 9.93. The summed E-state index contributed by atoms with van der Waals surface area (Å²) in [5.41, 5.74) is 5.11. The van der Waals surface area contributed by atoms with Gasteiger partial charge in [0.15, 0.2) is 11.6 Å². The zero-order chi connectivity index (χ0) is 14.9. The molecule has 0 saturated carbocycles. The minimum absolute atomic E-state index is 0.0716. The van der Waals surface area contributed by atoms with E-state index in [1.807, 2.05) is 6.92 Å². The Hall–Kier alpha value is -1.69. The van der Waals surface area contributed by atoms with Gasteiger partial charge in [0.1, 0.15) is 0 Å². The van der Waals surface area contributed by atoms with Crippen LogP contribution >= 0.6 is 0 Å². The molecule has 1 aromatic rings. The quantitative estimate of drug-likeness (QED) is 0.893. The Morgan fingerprint density at radius 2 is 2.10 bits per heavy atom. The van der Waals surface area contributed by atoms with E-state index in [4.69, 9.17) is 10.8 Å². The van der Waals surface area contributed by atoms with Crippen molar-refractivity contribution in [3.05, 3.63) is 29.3 Å². The minimum Gasteiger partial charge on any atom is -0.478 e. The number of halogens is 2. The van der Waals surface area contributed by atoms with Crippen LogP contribution in [0.5, 0.6) is 0 Å². The van der Waals surface area contributed by atoms with E-state index in [1.54, 1.807) is 4.90 Å². The van der Waals surface area contributed by atoms with Crippen LogP contribution in [-0.2, 0) is 0 Å². The van der Waals surface area contributed by atoms with Gasteiger partial charge < -0.3 is 15.7 Å². The summed E-state index contributed by atoms with van der Waals surface area (Å²) < 4.78 is 27.9. The minimum atomic E-state index is -1.47. The summed E-state index contributed by atoms with van der Waals surface area (Å²) in [7, 11) is 0. The Balaban J connectivity index is 2.37. The molecule has 0 aromatic heterocycles. The molecular weight excluding hydrogens is 266 g/mol. The number of aromatic carboxylic acids is 1. The Morgan fingerprint density at radius 3 is 2.70 bits per heavy atom. The van der Waals surface area contributed by atoms with Crippen LogP contribution in [0.2, 0.25) is 0 Å². The van der Waals surface area contributed by atoms with Crippen molar-refractivity contribution >= 4 is 11.7 Å². The monoisotopic (exact) mass is 284 g/mol. The number of nitrogens with zero attached hydrogens (tertiary/aromatic N) is 1. The molecule has 1 fully saturated rings. The van der Waals surface area contributed by atoms with E-state index in [2.05, 4.69) is 0 Å². The van der Waals surface area contributed by atoms with Crippen LogP contribution in [-0.4, -0.2) is 30.2 Å². The average molecular weight is 284 g/mol. The van der Waals surface area contributed by atoms with Gasteiger partial charge in [0.2, 0.25) is 0 Å². The van der Waals surface area contributed by atoms with Gasteiger partial charge in [-0.05, 0) is 44.4 Å². The van der Waals surface area contributed by atoms with Crippen LogP contribution in [0.3, 0.4) is 0 Å². The SMILES string of the molecule is CC1CCC(CN)CN1c1ccc(C(=O)O)c(F)c1F. The standard InChI is InChI=1S/C14H18F2N2O2/c1-8-2-3-9(6-17)7-18(8)11-5-4-10(14(19)20)12(15)13(11)16/h4-5,8-9H,2-3,6-7,17H2,1H3,(H,19,20). The highest BCUT2D eigenvalue weighted by molar-refractivity contribution is 5.88. The van der Waals surface area contributed by atoms with Crippen molar-refractivity contribution < 1.29 is 18.7 Å². The van der Waals surface area contributed by atoms with E-state index in [1.165, 1.54) is 6.07 Å². The number of anilines is 1. The summed E-state index contributed by atoms with van der Waals surface area (Å²) in [6.45, 7) is 3.00. The molecule has 0 bridgehead atoms. The van der Waals surface area contributed by atoms with Gasteiger partial charge in [0.05, 0.1) is 11.3 Å². The summed E-state index contributed by atoms with van der Waals surface area (Å²) >= 11 is 0. The summed E-state index contributed by atoms with van der Waals surface area (Å²) in [5.74, 6) is -3.64. The zero-order valence-corrected chi connectivity index (χ0v) is 11.3. The molecule has 3 N–H and O–H groups in total. The molecule has 1 aromatic carbocycles. The fourth-order valence-corrected chi connectivity index (χ4v) is 2.64. The number of carboxylic acid groups (broad SMARTS) is 1. The maximum absolute atomic E-state index is 14.1. The van der Waals surface area contributed by atoms with Crippen molar-refractivity contribution in [3.8, 4) is 0 Å². The molecule has 0 spiro atoms. The molecule has 6 heteroatoms. The third kappa shape index (κ3) is 2.60. The highest BCUT2D eigenvalue weighted by Gasteiger charge is 2.29. The zero-order valence-electron chi connectivity index (χ0n) is 11.3. The lowest BCUT2D eigenvalue weighted by molar-refractivity contribution is 0.0690. The first kappa shape index (κ1) is 14.7. The van der Waals surface area contributed by atoms with Gasteiger partial charge in [-0.15, -0.1) is 0 Å². The molecule has 110 valence electrons. The predicted molar refractivity (Wildman–Crippen MR) is 71.9 cm³/mol. The van der Waals surface area contributed by atoms with Gasteiger partial charge in [0.25, 0.3) is 0 Å². The van der Waals surface area contributed by atoms with Crippen LogP contribution in [0.4, 0.5) is 14.5 Å². The van der Waals surface area contributed by atoms with Gasteiger partial charge in [-0.25, -0.2) is 13.6 Å². The summed E-state index contributed by atoms with van der Waals surface area (Å²) in [4.78, 5) is 12.6. The normalized spacial score (nSPS) is 22.9. The van der Waals surface area contributed by atoms with Crippen molar-refractivity contribution in [2.45, 2.75) is 25.8 Å². The van der Waals surface area contributed by atoms with Crippen molar-refractivity contribution in [3.63, 3.8) is 0 Å². The molecule has 2 atom stereocenters. The molecule has 0 aliphatic carbocycles. The van der Waals surface area contributed by atoms with E-state index >= 15 is 0 Å². The maximum atomic E-state index is 14.1. The highest BCUT2D eigenvalue weighted by atomic mass is 19.2. The molecule has 0 amide bonds. The van der Waals surface area contributed by atoms with Gasteiger partial charge >= 0.3 is 5.97 Å². The maximum Gasteiger partial charge on any atom is 0.338 e. The first-order valence-corrected chi connectivity index (χ1v) is 6.63. The Labute approximate surface area is 116 Å². The molecule has 1 aliphatic heterocycles. The Kier molecular flexibility index (Phi) is 4.23. The van der Waals surface area contributed by atoms with E-state index in [9.17, 15) is 13.6 Å². The van der Waals surface area contributed by atoms with Crippen molar-refractivity contribution in [2.75, 3.05) is 18.0 Å². The number of hydrogen-bond acceptors (Lipinski definition) is 3. The predicted octanol–water partition coefficient (Wildman–Crippen LogP) is 2.23. The van der Waals surface area contributed by atoms with Gasteiger partial charge in [-0.2, -0.15) is 0 Å².